The number of aryl methyl sites for hydroxylation is 1. The van der Waals surface area contributed by atoms with Crippen molar-refractivity contribution in [2.75, 3.05) is 46.9 Å². The molecule has 3 aromatic rings. The summed E-state index contributed by atoms with van der Waals surface area (Å²) in [7, 11) is 0.539. The van der Waals surface area contributed by atoms with Gasteiger partial charge in [0, 0.05) is 47.5 Å². The topological polar surface area (TPSA) is 169 Å². The van der Waals surface area contributed by atoms with Crippen LogP contribution >= 0.6 is 11.8 Å². The minimum absolute atomic E-state index is 0.00501. The highest BCUT2D eigenvalue weighted by molar-refractivity contribution is 7.99. The van der Waals surface area contributed by atoms with E-state index in [9.17, 15) is 24.9 Å². The van der Waals surface area contributed by atoms with Crippen molar-refractivity contribution in [1.29, 1.82) is 0 Å². The Bertz CT molecular complexity index is 2240. The van der Waals surface area contributed by atoms with Crippen LogP contribution in [0.3, 0.4) is 0 Å². The lowest BCUT2D eigenvalue weighted by atomic mass is 9.73. The molecular formula is C39H43N3O11S. The monoisotopic (exact) mass is 764 g/mol. The molecule has 0 saturated carbocycles. The Morgan fingerprint density at radius 2 is 1.87 bits per heavy atom. The molecule has 0 aromatic heterocycles. The lowest BCUT2D eigenvalue weighted by Crippen LogP contribution is -2.70. The maximum Gasteiger partial charge on any atom is 0.331 e. The maximum absolute atomic E-state index is 14.8. The van der Waals surface area contributed by atoms with Crippen LogP contribution in [0.4, 0.5) is 0 Å². The number of aromatic hydroxyl groups is 2. The van der Waals surface area contributed by atoms with E-state index in [-0.39, 0.29) is 42.2 Å². The first-order valence-electron chi connectivity index (χ1n) is 19.4. The number of fused-ring (bicyclic) bond motifs is 9. The predicted molar refractivity (Wildman–Crippen MR) is 195 cm³/mol. The minimum atomic E-state index is -2.88. The van der Waals surface area contributed by atoms with Gasteiger partial charge in [0.1, 0.15) is 18.6 Å². The number of methoxy groups -OCH3 is 2. The van der Waals surface area contributed by atoms with E-state index in [1.54, 1.807) is 6.92 Å². The highest BCUT2D eigenvalue weighted by Crippen LogP contribution is 2.64. The molecule has 4 bridgehead atoms. The van der Waals surface area contributed by atoms with Gasteiger partial charge in [0.05, 0.1) is 41.6 Å². The third kappa shape index (κ3) is 4.74. The Balaban J connectivity index is 1.30. The second kappa shape index (κ2) is 12.6. The predicted octanol–water partition coefficient (Wildman–Crippen LogP) is 3.41. The van der Waals surface area contributed by atoms with Gasteiger partial charge in [0.25, 0.3) is 0 Å². The summed E-state index contributed by atoms with van der Waals surface area (Å²) >= 11 is 1.36. The molecule has 3 aromatic carbocycles. The Morgan fingerprint density at radius 1 is 1.07 bits per heavy atom. The summed E-state index contributed by atoms with van der Waals surface area (Å²) in [6, 6.07) is 2.28. The quantitative estimate of drug-likeness (QED) is 0.226. The van der Waals surface area contributed by atoms with Crippen LogP contribution in [0.1, 0.15) is 72.9 Å². The summed E-state index contributed by atoms with van der Waals surface area (Å²) in [5.41, 5.74) is 3.39. The van der Waals surface area contributed by atoms with Gasteiger partial charge in [-0.1, -0.05) is 6.07 Å². The van der Waals surface area contributed by atoms with Gasteiger partial charge in [-0.2, -0.15) is 0 Å². The summed E-state index contributed by atoms with van der Waals surface area (Å²) in [4.78, 5) is 31.7. The van der Waals surface area contributed by atoms with E-state index in [0.29, 0.717) is 70.0 Å². The van der Waals surface area contributed by atoms with E-state index in [0.717, 1.165) is 11.1 Å². The number of hydrogen-bond donors (Lipinski definition) is 4. The highest BCUT2D eigenvalue weighted by Gasteiger charge is 2.61. The highest BCUT2D eigenvalue weighted by atomic mass is 32.2. The van der Waals surface area contributed by atoms with Crippen LogP contribution in [0.5, 0.6) is 40.2 Å². The first kappa shape index (κ1) is 31.9. The number of likely N-dealkylation sites (N-methyl/N-ethyl adjacent to an activating group) is 1. The largest absolute Gasteiger partial charge is 0.504 e. The second-order valence-corrected chi connectivity index (χ2v) is 16.0. The molecule has 7 aliphatic heterocycles. The number of hydrogen-bond acceptors (Lipinski definition) is 15. The SMILES string of the molecule is [2H]C([2H])([2H])Oc1cc2c(cc1O)CCN[C@]21CS[C@@H]2c3c(OC(C)=O)c(C)c4c(c3[C@H](COC1=O)N1[C@@H]2C2c3c(cc(C)c(OC)c3O)C[C@@H]([C@@H]1O)N2C)OCO4. The summed E-state index contributed by atoms with van der Waals surface area (Å²) in [6.45, 7) is 4.90. The standard InChI is InChI=1S/C39H43N3O11S/c1-16-9-20-10-22-37(46)42-23-13-50-38(47)39(21-12-25(48-5)24(44)11-19(21)7-8-40-39)14-54-36(30(42)29(41(22)4)26(20)31(45)32(16)49-6)28-27(23)35-34(51-15-52-35)17(2)33(28)53-18(3)43/h9,11-12,22-23,29-30,36-37,40,44-46H,7-8,10,13-15H2,1-6H3/t22-,23-,29?,30+,36+,37-,39+/m0/s1/i5D3. The molecular weight excluding hydrogens is 719 g/mol. The number of piperazine rings is 1. The van der Waals surface area contributed by atoms with Gasteiger partial charge in [-0.15, -0.1) is 11.8 Å². The number of carbonyl (C=O) groups excluding carboxylic acids is 2. The van der Waals surface area contributed by atoms with Gasteiger partial charge in [-0.3, -0.25) is 19.9 Å². The minimum Gasteiger partial charge on any atom is -0.504 e. The lowest BCUT2D eigenvalue weighted by molar-refractivity contribution is -0.186. The van der Waals surface area contributed by atoms with Crippen LogP contribution in [0, 0.1) is 13.8 Å². The Morgan fingerprint density at radius 3 is 2.63 bits per heavy atom. The van der Waals surface area contributed by atoms with Crippen LogP contribution in [-0.4, -0.2) is 102 Å². The number of aliphatic hydroxyl groups excluding tert-OH is 1. The number of nitrogens with one attached hydrogen (secondary N) is 1. The average Bonchev–Trinajstić information content (AvgIpc) is 3.63. The zero-order chi connectivity index (χ0) is 40.5. The summed E-state index contributed by atoms with van der Waals surface area (Å²) in [5, 5.41) is 38.1. The number of nitrogens with zero attached hydrogens (tertiary/aromatic N) is 2. The van der Waals surface area contributed by atoms with Crippen LogP contribution in [0.2, 0.25) is 0 Å². The van der Waals surface area contributed by atoms with Gasteiger partial charge < -0.3 is 43.7 Å². The summed E-state index contributed by atoms with van der Waals surface area (Å²) in [6.07, 6.45) is -0.280. The van der Waals surface area contributed by atoms with E-state index in [2.05, 4.69) is 10.2 Å². The first-order valence-corrected chi connectivity index (χ1v) is 18.9. The molecule has 7 heterocycles. The van der Waals surface area contributed by atoms with Crippen LogP contribution in [-0.2, 0) is 32.7 Å². The fraction of sp³-hybridized carbons (Fsp3) is 0.487. The van der Waals surface area contributed by atoms with Crippen molar-refractivity contribution in [2.45, 2.75) is 74.8 Å². The van der Waals surface area contributed by atoms with Crippen molar-refractivity contribution in [3.8, 4) is 40.2 Å². The van der Waals surface area contributed by atoms with E-state index in [1.165, 1.54) is 37.9 Å². The molecule has 10 rings (SSSR count). The third-order valence-electron chi connectivity index (χ3n) is 12.2. The van der Waals surface area contributed by atoms with Gasteiger partial charge in [0.15, 0.2) is 40.0 Å². The fourth-order valence-corrected chi connectivity index (χ4v) is 11.6. The second-order valence-electron chi connectivity index (χ2n) is 14.8. The molecule has 54 heavy (non-hydrogen) atoms. The molecule has 1 spiro atoms. The van der Waals surface area contributed by atoms with Crippen molar-refractivity contribution < 1.29 is 57.4 Å². The van der Waals surface area contributed by atoms with Crippen molar-refractivity contribution in [1.82, 2.24) is 15.1 Å². The zero-order valence-electron chi connectivity index (χ0n) is 33.3. The van der Waals surface area contributed by atoms with Crippen LogP contribution in [0.25, 0.3) is 0 Å². The summed E-state index contributed by atoms with van der Waals surface area (Å²) < 4.78 is 58.7. The molecule has 0 aliphatic carbocycles. The van der Waals surface area contributed by atoms with Crippen molar-refractivity contribution >= 4 is 23.7 Å². The van der Waals surface area contributed by atoms with Crippen molar-refractivity contribution in [2.24, 2.45) is 0 Å². The number of esters is 2. The molecule has 2 saturated heterocycles. The van der Waals surface area contributed by atoms with Crippen molar-refractivity contribution in [3.05, 3.63) is 62.7 Å². The molecule has 2 fully saturated rings. The normalized spacial score (nSPS) is 30.5. The molecule has 7 atom stereocenters. The van der Waals surface area contributed by atoms with Crippen LogP contribution < -0.4 is 29.0 Å². The smallest absolute Gasteiger partial charge is 0.331 e. The van der Waals surface area contributed by atoms with Crippen molar-refractivity contribution in [3.63, 3.8) is 0 Å². The number of benzene rings is 3. The van der Waals surface area contributed by atoms with Gasteiger partial charge in [-0.25, -0.2) is 4.79 Å². The molecule has 15 heteroatoms. The molecule has 4 N–H and O–H groups in total. The Labute approximate surface area is 320 Å². The van der Waals surface area contributed by atoms with E-state index in [1.807, 2.05) is 24.9 Å². The Kier molecular flexibility index (Phi) is 7.42. The summed E-state index contributed by atoms with van der Waals surface area (Å²) in [5.74, 6) is -0.533. The number of ether oxygens (including phenoxy) is 6. The van der Waals surface area contributed by atoms with E-state index in [4.69, 9.17) is 32.5 Å². The first-order chi connectivity index (χ1) is 27.1. The van der Waals surface area contributed by atoms with E-state index >= 15 is 0 Å². The average molecular weight is 765 g/mol. The molecule has 14 nitrogen and oxygen atoms in total. The molecule has 0 radical (unpaired) electrons. The number of aliphatic hydroxyl groups is 1. The van der Waals surface area contributed by atoms with Gasteiger partial charge in [-0.05, 0) is 68.1 Å². The zero-order valence-corrected chi connectivity index (χ0v) is 31.2. The van der Waals surface area contributed by atoms with Crippen LogP contribution in [0.15, 0.2) is 18.2 Å². The third-order valence-corrected chi connectivity index (χ3v) is 13.6. The molecule has 1 unspecified atom stereocenters. The number of phenols is 2. The maximum atomic E-state index is 14.8. The number of phenolic OH excluding ortho intramolecular Hbond substituents is 2. The number of carbonyl (C=O) groups is 2. The Hall–Kier alpha value is -4.41. The molecule has 0 amide bonds. The molecule has 7 aliphatic rings. The molecule has 286 valence electrons. The number of rotatable bonds is 3. The van der Waals surface area contributed by atoms with Gasteiger partial charge >= 0.3 is 11.9 Å². The van der Waals surface area contributed by atoms with Gasteiger partial charge in [0.2, 0.25) is 6.79 Å². The lowest BCUT2D eigenvalue weighted by Gasteiger charge is -2.62. The van der Waals surface area contributed by atoms with E-state index < -0.39 is 60.2 Å². The fourth-order valence-electron chi connectivity index (χ4n) is 9.91. The number of thioether (sulfide) groups is 1.